The summed E-state index contributed by atoms with van der Waals surface area (Å²) in [4.78, 5) is 2.29. The van der Waals surface area contributed by atoms with E-state index in [-0.39, 0.29) is 11.9 Å². The SMILES string of the molecule is CCCNC(CCN1CCC(C)(O)C1)c1cccc(F)c1. The minimum atomic E-state index is -0.550. The molecule has 2 rings (SSSR count). The highest BCUT2D eigenvalue weighted by atomic mass is 19.1. The molecule has 2 N–H and O–H groups in total. The van der Waals surface area contributed by atoms with Crippen LogP contribution in [0.5, 0.6) is 0 Å². The molecule has 0 spiro atoms. The van der Waals surface area contributed by atoms with Gasteiger partial charge in [-0.2, -0.15) is 0 Å². The van der Waals surface area contributed by atoms with E-state index in [0.29, 0.717) is 0 Å². The van der Waals surface area contributed by atoms with Crippen LogP contribution in [0.3, 0.4) is 0 Å². The van der Waals surface area contributed by atoms with Crippen molar-refractivity contribution in [1.82, 2.24) is 10.2 Å². The maximum Gasteiger partial charge on any atom is 0.123 e. The molecule has 0 saturated carbocycles. The molecule has 3 nitrogen and oxygen atoms in total. The van der Waals surface area contributed by atoms with Crippen LogP contribution in [0.15, 0.2) is 24.3 Å². The van der Waals surface area contributed by atoms with E-state index in [4.69, 9.17) is 0 Å². The van der Waals surface area contributed by atoms with Gasteiger partial charge < -0.3 is 15.3 Å². The number of halogens is 1. The predicted molar refractivity (Wildman–Crippen MR) is 83.7 cm³/mol. The summed E-state index contributed by atoms with van der Waals surface area (Å²) < 4.78 is 13.4. The molecule has 1 aliphatic rings. The van der Waals surface area contributed by atoms with Crippen molar-refractivity contribution >= 4 is 0 Å². The number of nitrogens with one attached hydrogen (secondary N) is 1. The lowest BCUT2D eigenvalue weighted by Gasteiger charge is -2.23. The molecule has 21 heavy (non-hydrogen) atoms. The second-order valence-electron chi connectivity index (χ2n) is 6.37. The Morgan fingerprint density at radius 3 is 2.90 bits per heavy atom. The van der Waals surface area contributed by atoms with Crippen molar-refractivity contribution in [1.29, 1.82) is 0 Å². The van der Waals surface area contributed by atoms with Crippen molar-refractivity contribution in [2.75, 3.05) is 26.2 Å². The summed E-state index contributed by atoms with van der Waals surface area (Å²) in [6.45, 7) is 7.56. The Kier molecular flexibility index (Phi) is 5.73. The Hall–Kier alpha value is -0.970. The van der Waals surface area contributed by atoms with E-state index in [2.05, 4.69) is 17.1 Å². The number of likely N-dealkylation sites (tertiary alicyclic amines) is 1. The summed E-state index contributed by atoms with van der Waals surface area (Å²) in [6.07, 6.45) is 2.82. The molecular weight excluding hydrogens is 267 g/mol. The van der Waals surface area contributed by atoms with Crippen molar-refractivity contribution in [2.24, 2.45) is 0 Å². The summed E-state index contributed by atoms with van der Waals surface area (Å²) in [5.41, 5.74) is 0.458. The van der Waals surface area contributed by atoms with Crippen LogP contribution >= 0.6 is 0 Å². The van der Waals surface area contributed by atoms with E-state index in [0.717, 1.165) is 51.0 Å². The van der Waals surface area contributed by atoms with Gasteiger partial charge in [0.05, 0.1) is 5.60 Å². The molecule has 4 heteroatoms. The van der Waals surface area contributed by atoms with Crippen LogP contribution in [-0.2, 0) is 0 Å². The van der Waals surface area contributed by atoms with Gasteiger partial charge in [-0.05, 0) is 50.4 Å². The number of benzene rings is 1. The average Bonchev–Trinajstić information content (AvgIpc) is 2.78. The normalized spacial score (nSPS) is 24.4. The molecule has 118 valence electrons. The van der Waals surface area contributed by atoms with Crippen LogP contribution < -0.4 is 5.32 Å². The lowest BCUT2D eigenvalue weighted by molar-refractivity contribution is 0.0683. The van der Waals surface area contributed by atoms with Crippen LogP contribution in [0.1, 0.15) is 44.7 Å². The summed E-state index contributed by atoms with van der Waals surface area (Å²) in [6, 6.07) is 7.03. The number of β-amino-alcohol motifs (C(OH)–C–C–N with tert-alkyl or cyclic N) is 1. The van der Waals surface area contributed by atoms with E-state index in [1.807, 2.05) is 13.0 Å². The third-order valence-electron chi connectivity index (χ3n) is 4.16. The number of rotatable bonds is 7. The van der Waals surface area contributed by atoms with Crippen LogP contribution in [0.25, 0.3) is 0 Å². The van der Waals surface area contributed by atoms with Crippen LogP contribution in [0.4, 0.5) is 4.39 Å². The molecule has 1 heterocycles. The topological polar surface area (TPSA) is 35.5 Å². The fourth-order valence-corrected chi connectivity index (χ4v) is 2.97. The monoisotopic (exact) mass is 294 g/mol. The molecule has 2 atom stereocenters. The van der Waals surface area contributed by atoms with Gasteiger partial charge in [-0.3, -0.25) is 0 Å². The van der Waals surface area contributed by atoms with Gasteiger partial charge in [-0.25, -0.2) is 4.39 Å². The van der Waals surface area contributed by atoms with Crippen molar-refractivity contribution in [2.45, 2.75) is 44.8 Å². The molecule has 1 saturated heterocycles. The summed E-state index contributed by atoms with van der Waals surface area (Å²) in [7, 11) is 0. The Labute approximate surface area is 127 Å². The molecule has 1 aromatic rings. The molecule has 0 aliphatic carbocycles. The first-order valence-corrected chi connectivity index (χ1v) is 7.94. The summed E-state index contributed by atoms with van der Waals surface area (Å²) in [5, 5.41) is 13.5. The summed E-state index contributed by atoms with van der Waals surface area (Å²) in [5.74, 6) is -0.181. The van der Waals surface area contributed by atoms with Crippen molar-refractivity contribution in [3.63, 3.8) is 0 Å². The zero-order valence-electron chi connectivity index (χ0n) is 13.1. The predicted octanol–water partition coefficient (Wildman–Crippen LogP) is 2.71. The molecule has 1 aromatic carbocycles. The minimum absolute atomic E-state index is 0.172. The minimum Gasteiger partial charge on any atom is -0.389 e. The maximum atomic E-state index is 13.4. The van der Waals surface area contributed by atoms with Gasteiger partial charge in [-0.1, -0.05) is 19.1 Å². The molecule has 0 radical (unpaired) electrons. The second-order valence-corrected chi connectivity index (χ2v) is 6.37. The van der Waals surface area contributed by atoms with Gasteiger partial charge in [-0.15, -0.1) is 0 Å². The second kappa shape index (κ2) is 7.34. The smallest absolute Gasteiger partial charge is 0.123 e. The molecule has 0 bridgehead atoms. The quantitative estimate of drug-likeness (QED) is 0.811. The first-order chi connectivity index (χ1) is 10.00. The molecule has 0 aromatic heterocycles. The van der Waals surface area contributed by atoms with Gasteiger partial charge in [0.1, 0.15) is 5.82 Å². The van der Waals surface area contributed by atoms with Crippen molar-refractivity contribution < 1.29 is 9.50 Å². The van der Waals surface area contributed by atoms with Crippen LogP contribution in [-0.4, -0.2) is 41.8 Å². The van der Waals surface area contributed by atoms with Crippen molar-refractivity contribution in [3.05, 3.63) is 35.6 Å². The van der Waals surface area contributed by atoms with Crippen molar-refractivity contribution in [3.8, 4) is 0 Å². The average molecular weight is 294 g/mol. The van der Waals surface area contributed by atoms with E-state index < -0.39 is 5.60 Å². The highest BCUT2D eigenvalue weighted by molar-refractivity contribution is 5.20. The van der Waals surface area contributed by atoms with E-state index in [1.165, 1.54) is 6.07 Å². The van der Waals surface area contributed by atoms with Crippen LogP contribution in [0, 0.1) is 5.82 Å². The fourth-order valence-electron chi connectivity index (χ4n) is 2.97. The van der Waals surface area contributed by atoms with E-state index >= 15 is 0 Å². The highest BCUT2D eigenvalue weighted by Crippen LogP contribution is 2.23. The highest BCUT2D eigenvalue weighted by Gasteiger charge is 2.31. The third-order valence-corrected chi connectivity index (χ3v) is 4.16. The number of aliphatic hydroxyl groups is 1. The molecular formula is C17H27FN2O. The van der Waals surface area contributed by atoms with Gasteiger partial charge in [0.15, 0.2) is 0 Å². The number of hydrogen-bond acceptors (Lipinski definition) is 3. The van der Waals surface area contributed by atoms with E-state index in [1.54, 1.807) is 12.1 Å². The lowest BCUT2D eigenvalue weighted by Crippen LogP contribution is -2.32. The first-order valence-electron chi connectivity index (χ1n) is 7.94. The molecule has 0 amide bonds. The lowest BCUT2D eigenvalue weighted by atomic mass is 10.0. The first kappa shape index (κ1) is 16.4. The fraction of sp³-hybridized carbons (Fsp3) is 0.647. The van der Waals surface area contributed by atoms with E-state index in [9.17, 15) is 9.50 Å². The maximum absolute atomic E-state index is 13.4. The number of hydrogen-bond donors (Lipinski definition) is 2. The Morgan fingerprint density at radius 1 is 1.48 bits per heavy atom. The zero-order valence-corrected chi connectivity index (χ0v) is 13.1. The van der Waals surface area contributed by atoms with Gasteiger partial charge in [0.2, 0.25) is 0 Å². The van der Waals surface area contributed by atoms with Gasteiger partial charge >= 0.3 is 0 Å². The standard InChI is InChI=1S/C17H27FN2O/c1-3-9-19-16(14-5-4-6-15(18)12-14)7-10-20-11-8-17(2,21)13-20/h4-6,12,16,19,21H,3,7-11,13H2,1-2H3. The molecule has 2 unspecified atom stereocenters. The Balaban J connectivity index is 1.94. The Morgan fingerprint density at radius 2 is 2.29 bits per heavy atom. The summed E-state index contributed by atoms with van der Waals surface area (Å²) >= 11 is 0. The van der Waals surface area contributed by atoms with Crippen LogP contribution in [0.2, 0.25) is 0 Å². The molecule has 1 aliphatic heterocycles. The van der Waals surface area contributed by atoms with Gasteiger partial charge in [0.25, 0.3) is 0 Å². The zero-order chi connectivity index (χ0) is 15.3. The van der Waals surface area contributed by atoms with Gasteiger partial charge in [0, 0.05) is 25.7 Å². The molecule has 1 fully saturated rings. The largest absolute Gasteiger partial charge is 0.389 e. The Bertz CT molecular complexity index is 450. The number of nitrogens with zero attached hydrogens (tertiary/aromatic N) is 1. The third kappa shape index (κ3) is 5.06.